The van der Waals surface area contributed by atoms with Gasteiger partial charge < -0.3 is 5.32 Å². The molecule has 0 radical (unpaired) electrons. The second-order valence-electron chi connectivity index (χ2n) is 5.66. The Morgan fingerprint density at radius 3 is 2.62 bits per heavy atom. The van der Waals surface area contributed by atoms with E-state index in [1.165, 1.54) is 12.1 Å². The average molecular weight is 349 g/mol. The highest BCUT2D eigenvalue weighted by molar-refractivity contribution is 6.01. The summed E-state index contributed by atoms with van der Waals surface area (Å²) in [5.41, 5.74) is 2.04. The van der Waals surface area contributed by atoms with Crippen LogP contribution in [0.15, 0.2) is 54.1 Å². The predicted octanol–water partition coefficient (Wildman–Crippen LogP) is 3.42. The Morgan fingerprint density at radius 2 is 2.00 bits per heavy atom. The summed E-state index contributed by atoms with van der Waals surface area (Å²) < 4.78 is 0. The van der Waals surface area contributed by atoms with Gasteiger partial charge in [0, 0.05) is 18.2 Å². The molecule has 0 saturated heterocycles. The van der Waals surface area contributed by atoms with E-state index in [-0.39, 0.29) is 11.3 Å². The van der Waals surface area contributed by atoms with Crippen LogP contribution in [0.4, 0.5) is 5.69 Å². The van der Waals surface area contributed by atoms with Crippen LogP contribution in [0.1, 0.15) is 23.6 Å². The number of nitrogens with zero attached hydrogens (tertiary/aromatic N) is 2. The summed E-state index contributed by atoms with van der Waals surface area (Å²) in [6.45, 7) is 2.23. The third-order valence-corrected chi connectivity index (χ3v) is 3.91. The Hall–Kier alpha value is -3.46. The van der Waals surface area contributed by atoms with Crippen LogP contribution >= 0.6 is 0 Å². The topological polar surface area (TPSA) is 96.0 Å². The van der Waals surface area contributed by atoms with Gasteiger partial charge in [-0.1, -0.05) is 49.4 Å². The molecule has 2 aromatic rings. The summed E-state index contributed by atoms with van der Waals surface area (Å²) in [4.78, 5) is 22.9. The molecular formula is C20H19N3O3. The lowest BCUT2D eigenvalue weighted by atomic mass is 10.0. The first-order valence-corrected chi connectivity index (χ1v) is 8.26. The minimum Gasteiger partial charge on any atom is -0.351 e. The molecule has 0 spiro atoms. The number of carbonyl (C=O) groups excluding carboxylic acids is 1. The zero-order valence-electron chi connectivity index (χ0n) is 14.4. The van der Waals surface area contributed by atoms with Crippen molar-refractivity contribution in [2.75, 3.05) is 6.54 Å². The molecule has 0 aliphatic rings. The van der Waals surface area contributed by atoms with Gasteiger partial charge in [-0.25, -0.2) is 0 Å². The van der Waals surface area contributed by atoms with E-state index in [1.807, 2.05) is 43.3 Å². The summed E-state index contributed by atoms with van der Waals surface area (Å²) in [5.74, 6) is -0.495. The van der Waals surface area contributed by atoms with E-state index in [4.69, 9.17) is 0 Å². The number of rotatable bonds is 7. The van der Waals surface area contributed by atoms with Crippen LogP contribution < -0.4 is 5.32 Å². The van der Waals surface area contributed by atoms with Crippen molar-refractivity contribution in [3.8, 4) is 6.07 Å². The second kappa shape index (κ2) is 9.14. The third kappa shape index (κ3) is 5.02. The molecule has 0 fully saturated rings. The number of nitro groups is 1. The van der Waals surface area contributed by atoms with E-state index < -0.39 is 10.8 Å². The summed E-state index contributed by atoms with van der Waals surface area (Å²) in [7, 11) is 0. The smallest absolute Gasteiger partial charge is 0.273 e. The lowest BCUT2D eigenvalue weighted by Gasteiger charge is -2.05. The van der Waals surface area contributed by atoms with Gasteiger partial charge in [0.15, 0.2) is 0 Å². The second-order valence-corrected chi connectivity index (χ2v) is 5.66. The van der Waals surface area contributed by atoms with Crippen molar-refractivity contribution < 1.29 is 9.72 Å². The molecule has 2 rings (SSSR count). The van der Waals surface area contributed by atoms with Crippen LogP contribution in [-0.2, 0) is 17.6 Å². The van der Waals surface area contributed by atoms with Gasteiger partial charge >= 0.3 is 0 Å². The molecule has 0 aliphatic carbocycles. The maximum Gasteiger partial charge on any atom is 0.273 e. The number of nitrogens with one attached hydrogen (secondary N) is 1. The largest absolute Gasteiger partial charge is 0.351 e. The van der Waals surface area contributed by atoms with Crippen LogP contribution in [0.2, 0.25) is 0 Å². The molecule has 6 heteroatoms. The number of aryl methyl sites for hydroxylation is 1. The molecule has 0 atom stereocenters. The molecule has 0 saturated carbocycles. The van der Waals surface area contributed by atoms with Crippen molar-refractivity contribution in [3.63, 3.8) is 0 Å². The molecule has 0 aromatic heterocycles. The highest BCUT2D eigenvalue weighted by Crippen LogP contribution is 2.22. The highest BCUT2D eigenvalue weighted by atomic mass is 16.6. The van der Waals surface area contributed by atoms with E-state index in [1.54, 1.807) is 12.1 Å². The SMILES string of the molecule is CCc1ccc(/C=C(\C#N)C(=O)NCCc2ccccc2)cc1[N+](=O)[O-]. The highest BCUT2D eigenvalue weighted by Gasteiger charge is 2.14. The van der Waals surface area contributed by atoms with Crippen molar-refractivity contribution >= 4 is 17.7 Å². The Kier molecular flexibility index (Phi) is 6.63. The first kappa shape index (κ1) is 18.9. The fourth-order valence-corrected chi connectivity index (χ4v) is 2.52. The zero-order chi connectivity index (χ0) is 18.9. The van der Waals surface area contributed by atoms with Gasteiger partial charge in [-0.3, -0.25) is 14.9 Å². The summed E-state index contributed by atoms with van der Waals surface area (Å²) in [5, 5.41) is 23.1. The van der Waals surface area contributed by atoms with Crippen molar-refractivity contribution in [1.29, 1.82) is 5.26 Å². The van der Waals surface area contributed by atoms with Gasteiger partial charge in [-0.15, -0.1) is 0 Å². The normalized spacial score (nSPS) is 10.8. The van der Waals surface area contributed by atoms with Crippen molar-refractivity contribution in [1.82, 2.24) is 5.32 Å². The van der Waals surface area contributed by atoms with Crippen molar-refractivity contribution in [2.24, 2.45) is 0 Å². The Labute approximate surface area is 151 Å². The summed E-state index contributed by atoms with van der Waals surface area (Å²) in [6.07, 6.45) is 2.55. The fraction of sp³-hybridized carbons (Fsp3) is 0.200. The third-order valence-electron chi connectivity index (χ3n) is 3.91. The number of amides is 1. The van der Waals surface area contributed by atoms with Crippen LogP contribution in [0.5, 0.6) is 0 Å². The lowest BCUT2D eigenvalue weighted by Crippen LogP contribution is -2.26. The van der Waals surface area contributed by atoms with Gasteiger partial charge in [0.05, 0.1) is 4.92 Å². The lowest BCUT2D eigenvalue weighted by molar-refractivity contribution is -0.385. The number of nitro benzene ring substituents is 1. The van der Waals surface area contributed by atoms with Gasteiger partial charge in [-0.05, 0) is 30.0 Å². The maximum absolute atomic E-state index is 12.2. The molecular weight excluding hydrogens is 330 g/mol. The molecule has 0 unspecified atom stereocenters. The first-order valence-electron chi connectivity index (χ1n) is 8.26. The Morgan fingerprint density at radius 1 is 1.27 bits per heavy atom. The number of hydrogen-bond acceptors (Lipinski definition) is 4. The molecule has 0 heterocycles. The molecule has 6 nitrogen and oxygen atoms in total. The maximum atomic E-state index is 12.2. The summed E-state index contributed by atoms with van der Waals surface area (Å²) >= 11 is 0. The van der Waals surface area contributed by atoms with Crippen LogP contribution in [0.25, 0.3) is 6.08 Å². The summed E-state index contributed by atoms with van der Waals surface area (Å²) in [6, 6.07) is 16.2. The van der Waals surface area contributed by atoms with Gasteiger partial charge in [-0.2, -0.15) is 5.26 Å². The monoisotopic (exact) mass is 349 g/mol. The quantitative estimate of drug-likeness (QED) is 0.358. The molecule has 132 valence electrons. The van der Waals surface area contributed by atoms with Gasteiger partial charge in [0.1, 0.15) is 11.6 Å². The Bertz CT molecular complexity index is 868. The first-order chi connectivity index (χ1) is 12.5. The van der Waals surface area contributed by atoms with Crippen molar-refractivity contribution in [3.05, 3.63) is 80.9 Å². The van der Waals surface area contributed by atoms with Crippen LogP contribution in [0.3, 0.4) is 0 Å². The molecule has 0 bridgehead atoms. The number of hydrogen-bond donors (Lipinski definition) is 1. The van der Waals surface area contributed by atoms with E-state index in [2.05, 4.69) is 5.32 Å². The average Bonchev–Trinajstić information content (AvgIpc) is 2.66. The van der Waals surface area contributed by atoms with Gasteiger partial charge in [0.25, 0.3) is 11.6 Å². The standard InChI is InChI=1S/C20H19N3O3/c1-2-17-9-8-16(13-19(17)23(25)26)12-18(14-21)20(24)22-11-10-15-6-4-3-5-7-15/h3-9,12-13H,2,10-11H2,1H3,(H,22,24)/b18-12+. The zero-order valence-corrected chi connectivity index (χ0v) is 14.4. The number of nitriles is 1. The minimum absolute atomic E-state index is 0.0111. The molecule has 1 N–H and O–H groups in total. The van der Waals surface area contributed by atoms with Crippen LogP contribution in [-0.4, -0.2) is 17.4 Å². The molecule has 1 amide bonds. The molecule has 26 heavy (non-hydrogen) atoms. The molecule has 0 aliphatic heterocycles. The Balaban J connectivity index is 2.09. The van der Waals surface area contributed by atoms with E-state index in [9.17, 15) is 20.2 Å². The predicted molar refractivity (Wildman–Crippen MR) is 99.2 cm³/mol. The van der Waals surface area contributed by atoms with E-state index in [0.29, 0.717) is 30.5 Å². The number of carbonyl (C=O) groups is 1. The number of benzene rings is 2. The van der Waals surface area contributed by atoms with E-state index in [0.717, 1.165) is 5.56 Å². The van der Waals surface area contributed by atoms with Crippen LogP contribution in [0, 0.1) is 21.4 Å². The van der Waals surface area contributed by atoms with Crippen molar-refractivity contribution in [2.45, 2.75) is 19.8 Å². The minimum atomic E-state index is -0.495. The van der Waals surface area contributed by atoms with E-state index >= 15 is 0 Å². The molecule has 2 aromatic carbocycles. The fourth-order valence-electron chi connectivity index (χ4n) is 2.52. The van der Waals surface area contributed by atoms with Gasteiger partial charge in [0.2, 0.25) is 0 Å².